The third-order valence-corrected chi connectivity index (χ3v) is 2.98. The number of nitrogens with zero attached hydrogens (tertiary/aromatic N) is 1. The van der Waals surface area contributed by atoms with Gasteiger partial charge in [-0.05, 0) is 19.3 Å². The summed E-state index contributed by atoms with van der Waals surface area (Å²) in [5.74, 6) is -0.968. The summed E-state index contributed by atoms with van der Waals surface area (Å²) in [5, 5.41) is 11.8. The fraction of sp³-hybridized carbons (Fsp3) is 0.857. The normalized spacial score (nSPS) is 11.9. The fourth-order valence-corrected chi connectivity index (χ4v) is 2.04. The van der Waals surface area contributed by atoms with Gasteiger partial charge in [-0.15, -0.1) is 0 Å². The second-order valence-corrected chi connectivity index (χ2v) is 4.89. The Morgan fingerprint density at radius 3 is 2.26 bits per heavy atom. The molecular weight excluding hydrogens is 244 g/mol. The first kappa shape index (κ1) is 17.7. The van der Waals surface area contributed by atoms with Gasteiger partial charge in [0, 0.05) is 12.6 Å². The van der Waals surface area contributed by atoms with Crippen LogP contribution in [0.5, 0.6) is 0 Å². The molecule has 0 aromatic carbocycles. The Morgan fingerprint density at radius 1 is 1.11 bits per heavy atom. The molecule has 0 aliphatic rings. The predicted molar refractivity (Wildman–Crippen MR) is 76.3 cm³/mol. The lowest BCUT2D eigenvalue weighted by atomic mass is 10.1. The Labute approximate surface area is 116 Å². The van der Waals surface area contributed by atoms with E-state index in [4.69, 9.17) is 5.11 Å². The van der Waals surface area contributed by atoms with E-state index in [1.54, 1.807) is 0 Å². The number of carboxylic acid groups (broad SMARTS) is 1. The maximum atomic E-state index is 12.1. The van der Waals surface area contributed by atoms with Gasteiger partial charge in [0.1, 0.15) is 6.54 Å². The molecule has 0 rings (SSSR count). The van der Waals surface area contributed by atoms with E-state index in [0.717, 1.165) is 38.5 Å². The summed E-state index contributed by atoms with van der Waals surface area (Å²) in [4.78, 5) is 24.2. The molecule has 0 aromatic rings. The molecular formula is C14H28N2O3. The molecule has 0 saturated heterocycles. The molecule has 1 unspecified atom stereocenters. The molecule has 5 nitrogen and oxygen atoms in total. The number of hydrogen-bond donors (Lipinski definition) is 2. The van der Waals surface area contributed by atoms with Gasteiger partial charge in [-0.2, -0.15) is 0 Å². The largest absolute Gasteiger partial charge is 0.480 e. The van der Waals surface area contributed by atoms with Crippen molar-refractivity contribution in [2.75, 3.05) is 13.1 Å². The number of amides is 2. The van der Waals surface area contributed by atoms with Crippen LogP contribution in [-0.2, 0) is 4.79 Å². The van der Waals surface area contributed by atoms with E-state index in [-0.39, 0.29) is 18.6 Å². The van der Waals surface area contributed by atoms with Gasteiger partial charge in [-0.25, -0.2) is 4.79 Å². The van der Waals surface area contributed by atoms with E-state index in [2.05, 4.69) is 19.2 Å². The van der Waals surface area contributed by atoms with E-state index < -0.39 is 5.97 Å². The predicted octanol–water partition coefficient (Wildman–Crippen LogP) is 2.85. The zero-order valence-electron chi connectivity index (χ0n) is 12.4. The van der Waals surface area contributed by atoms with Crippen molar-refractivity contribution in [3.8, 4) is 0 Å². The second-order valence-electron chi connectivity index (χ2n) is 4.89. The average molecular weight is 272 g/mol. The van der Waals surface area contributed by atoms with Crippen LogP contribution in [0.1, 0.15) is 59.3 Å². The van der Waals surface area contributed by atoms with E-state index in [1.807, 2.05) is 6.92 Å². The average Bonchev–Trinajstić information content (AvgIpc) is 2.35. The summed E-state index contributed by atoms with van der Waals surface area (Å²) in [6.45, 7) is 6.39. The molecule has 0 heterocycles. The number of unbranched alkanes of at least 4 members (excludes halogenated alkanes) is 1. The van der Waals surface area contributed by atoms with Gasteiger partial charge >= 0.3 is 12.0 Å². The van der Waals surface area contributed by atoms with Crippen LogP contribution in [0.3, 0.4) is 0 Å². The monoisotopic (exact) mass is 272 g/mol. The highest BCUT2D eigenvalue weighted by molar-refractivity contribution is 5.80. The number of carbonyl (C=O) groups is 2. The van der Waals surface area contributed by atoms with Gasteiger partial charge in [0.15, 0.2) is 0 Å². The summed E-state index contributed by atoms with van der Waals surface area (Å²) >= 11 is 0. The number of urea groups is 1. The minimum Gasteiger partial charge on any atom is -0.480 e. The maximum Gasteiger partial charge on any atom is 0.323 e. The molecule has 0 aliphatic heterocycles. The third kappa shape index (κ3) is 8.46. The molecule has 112 valence electrons. The van der Waals surface area contributed by atoms with Crippen LogP contribution < -0.4 is 5.32 Å². The molecule has 0 radical (unpaired) electrons. The molecule has 0 bridgehead atoms. The van der Waals surface area contributed by atoms with Crippen molar-refractivity contribution in [3.05, 3.63) is 0 Å². The zero-order chi connectivity index (χ0) is 14.7. The number of aliphatic carboxylic acids is 1. The Morgan fingerprint density at radius 2 is 1.79 bits per heavy atom. The first-order valence-corrected chi connectivity index (χ1v) is 7.32. The van der Waals surface area contributed by atoms with Crippen molar-refractivity contribution >= 4 is 12.0 Å². The summed E-state index contributed by atoms with van der Waals surface area (Å²) < 4.78 is 0. The minimum atomic E-state index is -0.968. The number of hydrogen-bond acceptors (Lipinski definition) is 2. The number of carbonyl (C=O) groups excluding carboxylic acids is 1. The van der Waals surface area contributed by atoms with Crippen LogP contribution >= 0.6 is 0 Å². The van der Waals surface area contributed by atoms with E-state index >= 15 is 0 Å². The zero-order valence-corrected chi connectivity index (χ0v) is 12.4. The lowest BCUT2D eigenvalue weighted by Gasteiger charge is -2.25. The van der Waals surface area contributed by atoms with Crippen molar-refractivity contribution in [1.82, 2.24) is 10.2 Å². The van der Waals surface area contributed by atoms with Crippen molar-refractivity contribution in [2.45, 2.75) is 65.3 Å². The van der Waals surface area contributed by atoms with Crippen LogP contribution in [-0.4, -0.2) is 41.1 Å². The van der Waals surface area contributed by atoms with Crippen LogP contribution in [0.25, 0.3) is 0 Å². The molecule has 0 saturated carbocycles. The lowest BCUT2D eigenvalue weighted by molar-refractivity contribution is -0.137. The standard InChI is InChI=1S/C14H28N2O3/c1-4-7-9-12(8-5-2)15-14(19)16(10-6-3)11-13(17)18/h12H,4-11H2,1-3H3,(H,15,19)(H,17,18). The number of nitrogens with one attached hydrogen (secondary N) is 1. The van der Waals surface area contributed by atoms with E-state index in [0.29, 0.717) is 6.54 Å². The molecule has 0 aliphatic carbocycles. The van der Waals surface area contributed by atoms with Crippen LogP contribution in [0.4, 0.5) is 4.79 Å². The number of rotatable bonds is 10. The van der Waals surface area contributed by atoms with Gasteiger partial charge in [0.05, 0.1) is 0 Å². The van der Waals surface area contributed by atoms with Gasteiger partial charge in [-0.1, -0.05) is 40.0 Å². The van der Waals surface area contributed by atoms with Crippen molar-refractivity contribution < 1.29 is 14.7 Å². The van der Waals surface area contributed by atoms with Crippen molar-refractivity contribution in [3.63, 3.8) is 0 Å². The Kier molecular flexibility index (Phi) is 9.94. The topological polar surface area (TPSA) is 69.6 Å². The lowest BCUT2D eigenvalue weighted by Crippen LogP contribution is -2.47. The molecule has 19 heavy (non-hydrogen) atoms. The Balaban J connectivity index is 4.41. The summed E-state index contributed by atoms with van der Waals surface area (Å²) in [5.41, 5.74) is 0. The van der Waals surface area contributed by atoms with Crippen molar-refractivity contribution in [2.24, 2.45) is 0 Å². The highest BCUT2D eigenvalue weighted by atomic mass is 16.4. The molecule has 0 aromatic heterocycles. The van der Waals surface area contributed by atoms with E-state index in [9.17, 15) is 9.59 Å². The van der Waals surface area contributed by atoms with Crippen LogP contribution in [0.15, 0.2) is 0 Å². The van der Waals surface area contributed by atoms with Gasteiger partial charge in [-0.3, -0.25) is 4.79 Å². The van der Waals surface area contributed by atoms with Crippen LogP contribution in [0.2, 0.25) is 0 Å². The molecule has 5 heteroatoms. The summed E-state index contributed by atoms with van der Waals surface area (Å²) in [6.07, 6.45) is 5.86. The highest BCUT2D eigenvalue weighted by Crippen LogP contribution is 2.07. The summed E-state index contributed by atoms with van der Waals surface area (Å²) in [7, 11) is 0. The quantitative estimate of drug-likeness (QED) is 0.642. The smallest absolute Gasteiger partial charge is 0.323 e. The molecule has 0 fully saturated rings. The third-order valence-electron chi connectivity index (χ3n) is 2.98. The first-order valence-electron chi connectivity index (χ1n) is 7.32. The van der Waals surface area contributed by atoms with Gasteiger partial charge < -0.3 is 15.3 Å². The fourth-order valence-electron chi connectivity index (χ4n) is 2.04. The molecule has 2 N–H and O–H groups in total. The van der Waals surface area contributed by atoms with Crippen molar-refractivity contribution in [1.29, 1.82) is 0 Å². The van der Waals surface area contributed by atoms with E-state index in [1.165, 1.54) is 4.90 Å². The molecule has 2 amide bonds. The first-order chi connectivity index (χ1) is 9.04. The number of carboxylic acids is 1. The highest BCUT2D eigenvalue weighted by Gasteiger charge is 2.18. The maximum absolute atomic E-state index is 12.1. The van der Waals surface area contributed by atoms with Gasteiger partial charge in [0.2, 0.25) is 0 Å². The summed E-state index contributed by atoms with van der Waals surface area (Å²) in [6, 6.07) is -0.0931. The molecule has 0 spiro atoms. The second kappa shape index (κ2) is 10.6. The van der Waals surface area contributed by atoms with Gasteiger partial charge in [0.25, 0.3) is 0 Å². The Bertz CT molecular complexity index is 269. The Hall–Kier alpha value is -1.26. The van der Waals surface area contributed by atoms with Crippen LogP contribution in [0, 0.1) is 0 Å². The molecule has 1 atom stereocenters. The SMILES string of the molecule is CCCCC(CCC)NC(=O)N(CCC)CC(=O)O. The minimum absolute atomic E-state index is 0.158.